The standard InChI is InChI=1S/C39H68N2O6/c1-27(2)10-9-11-28(3)32-14-15-33-31-13-12-29-26-30(16-18-38(29,7)34(31)17-19-39(32,33)8)46-35(42)40-20-22-44-24-25-45-23-21-41-36(43)47-37(4,5)6/h12,27-28,30-34H,9-11,13-26H2,1-8H3,(H,40,42)(H,41,43)/t28-,30?,31+,32-,33+,34+,38+,39-/m1/s1. The third-order valence-corrected chi connectivity index (χ3v) is 12.3. The summed E-state index contributed by atoms with van der Waals surface area (Å²) < 4.78 is 22.1. The van der Waals surface area contributed by atoms with Crippen LogP contribution in [-0.2, 0) is 18.9 Å². The molecule has 2 amide bonds. The number of carbonyl (C=O) groups excluding carboxylic acids is 2. The molecule has 1 unspecified atom stereocenters. The van der Waals surface area contributed by atoms with Crippen molar-refractivity contribution in [2.75, 3.05) is 39.5 Å². The highest BCUT2D eigenvalue weighted by molar-refractivity contribution is 5.67. The minimum atomic E-state index is -0.517. The minimum absolute atomic E-state index is 0.0501. The smallest absolute Gasteiger partial charge is 0.407 e. The lowest BCUT2D eigenvalue weighted by Gasteiger charge is -2.58. The monoisotopic (exact) mass is 661 g/mol. The predicted molar refractivity (Wildman–Crippen MR) is 187 cm³/mol. The highest BCUT2D eigenvalue weighted by atomic mass is 16.6. The Morgan fingerprint density at radius 2 is 1.55 bits per heavy atom. The Kier molecular flexibility index (Phi) is 13.5. The van der Waals surface area contributed by atoms with Crippen LogP contribution in [0.3, 0.4) is 0 Å². The van der Waals surface area contributed by atoms with Crippen LogP contribution < -0.4 is 10.6 Å². The summed E-state index contributed by atoms with van der Waals surface area (Å²) in [6.07, 6.45) is 15.6. The zero-order chi connectivity index (χ0) is 34.2. The van der Waals surface area contributed by atoms with E-state index < -0.39 is 11.7 Å². The number of carbonyl (C=O) groups is 2. The molecule has 4 rings (SSSR count). The van der Waals surface area contributed by atoms with E-state index in [-0.39, 0.29) is 17.6 Å². The summed E-state index contributed by atoms with van der Waals surface area (Å²) in [7, 11) is 0. The summed E-state index contributed by atoms with van der Waals surface area (Å²) in [6, 6.07) is 0. The van der Waals surface area contributed by atoms with Crippen LogP contribution in [0.15, 0.2) is 11.6 Å². The lowest BCUT2D eigenvalue weighted by Crippen LogP contribution is -2.51. The van der Waals surface area contributed by atoms with Crippen molar-refractivity contribution in [3.63, 3.8) is 0 Å². The van der Waals surface area contributed by atoms with Crippen LogP contribution in [0.2, 0.25) is 0 Å². The Morgan fingerprint density at radius 3 is 2.21 bits per heavy atom. The van der Waals surface area contributed by atoms with Crippen LogP contribution in [0.4, 0.5) is 9.59 Å². The molecule has 3 fully saturated rings. The molecule has 2 N–H and O–H groups in total. The molecule has 3 saturated carbocycles. The van der Waals surface area contributed by atoms with Gasteiger partial charge in [-0.05, 0) is 112 Å². The zero-order valence-electron chi connectivity index (χ0n) is 31.1. The molecule has 0 aliphatic heterocycles. The number of hydrogen-bond acceptors (Lipinski definition) is 6. The summed E-state index contributed by atoms with van der Waals surface area (Å²) in [6.45, 7) is 20.3. The van der Waals surface area contributed by atoms with Crippen LogP contribution >= 0.6 is 0 Å². The molecule has 0 saturated heterocycles. The number of nitrogens with one attached hydrogen (secondary N) is 2. The second-order valence-electron chi connectivity index (χ2n) is 17.1. The molecule has 8 atom stereocenters. The van der Waals surface area contributed by atoms with Crippen LogP contribution in [0.1, 0.15) is 126 Å². The van der Waals surface area contributed by atoms with E-state index in [1.807, 2.05) is 20.8 Å². The Morgan fingerprint density at radius 1 is 0.872 bits per heavy atom. The van der Waals surface area contributed by atoms with Crippen molar-refractivity contribution < 1.29 is 28.5 Å². The lowest BCUT2D eigenvalue weighted by molar-refractivity contribution is -0.0581. The molecule has 8 heteroatoms. The van der Waals surface area contributed by atoms with Gasteiger partial charge in [-0.3, -0.25) is 0 Å². The molecule has 0 aromatic rings. The molecular formula is C39H68N2O6. The van der Waals surface area contributed by atoms with Crippen LogP contribution in [-0.4, -0.2) is 63.4 Å². The second-order valence-corrected chi connectivity index (χ2v) is 17.1. The van der Waals surface area contributed by atoms with Gasteiger partial charge in [0.1, 0.15) is 11.7 Å². The van der Waals surface area contributed by atoms with Crippen LogP contribution in [0.25, 0.3) is 0 Å². The normalized spacial score (nSPS) is 32.4. The van der Waals surface area contributed by atoms with Crippen molar-refractivity contribution in [2.24, 2.45) is 46.3 Å². The third kappa shape index (κ3) is 10.1. The van der Waals surface area contributed by atoms with Crippen molar-refractivity contribution in [3.05, 3.63) is 11.6 Å². The number of fused-ring (bicyclic) bond motifs is 5. The molecule has 4 aliphatic carbocycles. The molecule has 0 bridgehead atoms. The van der Waals surface area contributed by atoms with Crippen molar-refractivity contribution in [1.82, 2.24) is 10.6 Å². The fourth-order valence-corrected chi connectivity index (χ4v) is 10.0. The van der Waals surface area contributed by atoms with E-state index >= 15 is 0 Å². The minimum Gasteiger partial charge on any atom is -0.446 e. The molecule has 0 aromatic heterocycles. The number of alkyl carbamates (subject to hydrolysis) is 2. The molecule has 4 aliphatic rings. The number of hydrogen-bond donors (Lipinski definition) is 2. The van der Waals surface area contributed by atoms with Gasteiger partial charge in [-0.25, -0.2) is 9.59 Å². The summed E-state index contributed by atoms with van der Waals surface area (Å²) in [4.78, 5) is 24.2. The largest absolute Gasteiger partial charge is 0.446 e. The van der Waals surface area contributed by atoms with Gasteiger partial charge in [0.05, 0.1) is 26.4 Å². The highest BCUT2D eigenvalue weighted by Crippen LogP contribution is 2.67. The maximum absolute atomic E-state index is 12.6. The van der Waals surface area contributed by atoms with E-state index in [9.17, 15) is 9.59 Å². The van der Waals surface area contributed by atoms with E-state index in [2.05, 4.69) is 51.3 Å². The van der Waals surface area contributed by atoms with E-state index in [4.69, 9.17) is 18.9 Å². The van der Waals surface area contributed by atoms with Crippen molar-refractivity contribution in [1.29, 1.82) is 0 Å². The fourth-order valence-electron chi connectivity index (χ4n) is 10.0. The van der Waals surface area contributed by atoms with Gasteiger partial charge in [-0.1, -0.05) is 65.5 Å². The maximum Gasteiger partial charge on any atom is 0.407 e. The first-order valence-electron chi connectivity index (χ1n) is 19.0. The molecule has 47 heavy (non-hydrogen) atoms. The lowest BCUT2D eigenvalue weighted by atomic mass is 9.47. The van der Waals surface area contributed by atoms with Gasteiger partial charge in [0.2, 0.25) is 0 Å². The van der Waals surface area contributed by atoms with Gasteiger partial charge in [-0.15, -0.1) is 0 Å². The van der Waals surface area contributed by atoms with E-state index in [0.29, 0.717) is 44.9 Å². The molecule has 270 valence electrons. The van der Waals surface area contributed by atoms with Crippen LogP contribution in [0.5, 0.6) is 0 Å². The average Bonchev–Trinajstić information content (AvgIpc) is 3.34. The van der Waals surface area contributed by atoms with Gasteiger partial charge in [-0.2, -0.15) is 0 Å². The quantitative estimate of drug-likeness (QED) is 0.135. The van der Waals surface area contributed by atoms with Gasteiger partial charge in [0.25, 0.3) is 0 Å². The maximum atomic E-state index is 12.6. The van der Waals surface area contributed by atoms with Crippen LogP contribution in [0, 0.1) is 46.3 Å². The van der Waals surface area contributed by atoms with Gasteiger partial charge < -0.3 is 29.6 Å². The molecule has 8 nitrogen and oxygen atoms in total. The molecule has 0 spiro atoms. The number of rotatable bonds is 15. The molecule has 0 radical (unpaired) electrons. The first-order valence-corrected chi connectivity index (χ1v) is 19.0. The number of amides is 2. The first-order chi connectivity index (χ1) is 22.2. The topological polar surface area (TPSA) is 95.1 Å². The summed E-state index contributed by atoms with van der Waals surface area (Å²) in [5, 5.41) is 5.51. The van der Waals surface area contributed by atoms with Gasteiger partial charge in [0.15, 0.2) is 0 Å². The van der Waals surface area contributed by atoms with Crippen molar-refractivity contribution in [3.8, 4) is 0 Å². The Labute approximate surface area is 286 Å². The van der Waals surface area contributed by atoms with Crippen molar-refractivity contribution in [2.45, 2.75) is 138 Å². The SMILES string of the molecule is CC(C)CCC[C@@H](C)[C@H]1CC[C@H]2[C@@H]3CC=C4CC(OC(=O)NCCOCCOCCNC(=O)OC(C)(C)C)CC[C@]4(C)[C@H]3CC[C@]12C. The molecular weight excluding hydrogens is 592 g/mol. The predicted octanol–water partition coefficient (Wildman–Crippen LogP) is 8.68. The zero-order valence-corrected chi connectivity index (χ0v) is 31.1. The van der Waals surface area contributed by atoms with Gasteiger partial charge >= 0.3 is 12.2 Å². The number of allylic oxidation sites excluding steroid dienone is 1. The summed E-state index contributed by atoms with van der Waals surface area (Å²) in [5.74, 6) is 5.00. The van der Waals surface area contributed by atoms with E-state index in [1.165, 1.54) is 51.4 Å². The summed E-state index contributed by atoms with van der Waals surface area (Å²) in [5.41, 5.74) is 1.80. The van der Waals surface area contributed by atoms with E-state index in [0.717, 1.165) is 54.8 Å². The average molecular weight is 661 g/mol. The Hall–Kier alpha value is -1.80. The van der Waals surface area contributed by atoms with E-state index in [1.54, 1.807) is 5.57 Å². The Balaban J connectivity index is 1.13. The Bertz CT molecular complexity index is 1050. The third-order valence-electron chi connectivity index (χ3n) is 12.3. The molecule has 0 heterocycles. The van der Waals surface area contributed by atoms with Gasteiger partial charge in [0, 0.05) is 19.5 Å². The summed E-state index contributed by atoms with van der Waals surface area (Å²) >= 11 is 0. The molecule has 0 aromatic carbocycles. The second kappa shape index (κ2) is 16.7. The highest BCUT2D eigenvalue weighted by Gasteiger charge is 2.59. The number of ether oxygens (including phenoxy) is 4. The first kappa shape index (κ1) is 38.0. The fraction of sp³-hybridized carbons (Fsp3) is 0.897. The van der Waals surface area contributed by atoms with Crippen molar-refractivity contribution >= 4 is 12.2 Å².